The first-order valence-corrected chi connectivity index (χ1v) is 8.00. The molecule has 2 aromatic rings. The largest absolute Gasteiger partial charge is 0.497 e. The van der Waals surface area contributed by atoms with E-state index in [0.29, 0.717) is 22.7 Å². The Morgan fingerprint density at radius 3 is 2.42 bits per heavy atom. The third-order valence-corrected chi connectivity index (χ3v) is 3.54. The molecule has 0 saturated carbocycles. The van der Waals surface area contributed by atoms with Crippen LogP contribution in [0.25, 0.3) is 6.08 Å². The van der Waals surface area contributed by atoms with Crippen molar-refractivity contribution in [2.75, 3.05) is 19.5 Å². The van der Waals surface area contributed by atoms with Gasteiger partial charge in [-0.15, -0.1) is 0 Å². The van der Waals surface area contributed by atoms with E-state index in [2.05, 4.69) is 5.32 Å². The van der Waals surface area contributed by atoms with Gasteiger partial charge in [-0.05, 0) is 43.3 Å². The molecule has 6 nitrogen and oxygen atoms in total. The zero-order valence-corrected chi connectivity index (χ0v) is 14.9. The van der Waals surface area contributed by atoms with Crippen LogP contribution in [0.4, 0.5) is 5.69 Å². The highest BCUT2D eigenvalue weighted by molar-refractivity contribution is 5.96. The third kappa shape index (κ3) is 5.37. The van der Waals surface area contributed by atoms with Crippen LogP contribution < -0.4 is 14.8 Å². The van der Waals surface area contributed by atoms with Crippen molar-refractivity contribution in [3.63, 3.8) is 0 Å². The molecule has 0 aliphatic carbocycles. The molecule has 1 atom stereocenters. The standard InChI is InChI=1S/C20H21NO5/c1-14(20(23)21-16-7-5-4-6-8-16)26-19(22)12-9-15-13-17(24-2)10-11-18(15)25-3/h4-14H,1-3H3,(H,21,23)/b12-9+/t14-/m0/s1. The van der Waals surface area contributed by atoms with Gasteiger partial charge in [-0.2, -0.15) is 0 Å². The normalized spacial score (nSPS) is 11.7. The van der Waals surface area contributed by atoms with Crippen LogP contribution in [-0.2, 0) is 14.3 Å². The summed E-state index contributed by atoms with van der Waals surface area (Å²) in [6, 6.07) is 14.2. The molecule has 26 heavy (non-hydrogen) atoms. The second kappa shape index (κ2) is 9.27. The Labute approximate surface area is 152 Å². The van der Waals surface area contributed by atoms with E-state index in [1.807, 2.05) is 6.07 Å². The fraction of sp³-hybridized carbons (Fsp3) is 0.200. The predicted molar refractivity (Wildman–Crippen MR) is 99.2 cm³/mol. The smallest absolute Gasteiger partial charge is 0.331 e. The van der Waals surface area contributed by atoms with Crippen LogP contribution in [0.1, 0.15) is 12.5 Å². The number of anilines is 1. The van der Waals surface area contributed by atoms with Crippen LogP contribution >= 0.6 is 0 Å². The molecule has 2 aromatic carbocycles. The molecule has 2 rings (SSSR count). The Bertz CT molecular complexity index is 786. The number of nitrogens with one attached hydrogen (secondary N) is 1. The number of hydrogen-bond donors (Lipinski definition) is 1. The summed E-state index contributed by atoms with van der Waals surface area (Å²) < 4.78 is 15.5. The fourth-order valence-electron chi connectivity index (χ4n) is 2.16. The van der Waals surface area contributed by atoms with Gasteiger partial charge in [-0.3, -0.25) is 4.79 Å². The minimum absolute atomic E-state index is 0.406. The van der Waals surface area contributed by atoms with Crippen LogP contribution in [0.3, 0.4) is 0 Å². The molecule has 0 unspecified atom stereocenters. The van der Waals surface area contributed by atoms with E-state index < -0.39 is 18.0 Å². The van der Waals surface area contributed by atoms with E-state index in [4.69, 9.17) is 14.2 Å². The van der Waals surface area contributed by atoms with Gasteiger partial charge in [-0.1, -0.05) is 18.2 Å². The fourth-order valence-corrected chi connectivity index (χ4v) is 2.16. The Kier molecular flexibility index (Phi) is 6.79. The Morgan fingerprint density at radius 2 is 1.77 bits per heavy atom. The maximum Gasteiger partial charge on any atom is 0.331 e. The van der Waals surface area contributed by atoms with Crippen molar-refractivity contribution in [1.82, 2.24) is 0 Å². The summed E-state index contributed by atoms with van der Waals surface area (Å²) in [5.74, 6) is 0.182. The van der Waals surface area contributed by atoms with Crippen molar-refractivity contribution in [2.45, 2.75) is 13.0 Å². The van der Waals surface area contributed by atoms with Crippen LogP contribution in [0, 0.1) is 0 Å². The Morgan fingerprint density at radius 1 is 1.04 bits per heavy atom. The van der Waals surface area contributed by atoms with Gasteiger partial charge in [0.25, 0.3) is 5.91 Å². The van der Waals surface area contributed by atoms with E-state index in [0.717, 1.165) is 0 Å². The number of carbonyl (C=O) groups excluding carboxylic acids is 2. The minimum Gasteiger partial charge on any atom is -0.497 e. The number of rotatable bonds is 7. The molecular formula is C20H21NO5. The topological polar surface area (TPSA) is 73.9 Å². The van der Waals surface area contributed by atoms with Crippen molar-refractivity contribution in [2.24, 2.45) is 0 Å². The van der Waals surface area contributed by atoms with Crippen molar-refractivity contribution < 1.29 is 23.8 Å². The number of benzene rings is 2. The average molecular weight is 355 g/mol. The van der Waals surface area contributed by atoms with Gasteiger partial charge in [0, 0.05) is 17.3 Å². The molecule has 136 valence electrons. The van der Waals surface area contributed by atoms with E-state index in [1.54, 1.807) is 55.7 Å². The molecule has 6 heteroatoms. The number of amides is 1. The molecule has 0 aromatic heterocycles. The lowest BCUT2D eigenvalue weighted by Crippen LogP contribution is -2.29. The number of ether oxygens (including phenoxy) is 3. The van der Waals surface area contributed by atoms with Crippen molar-refractivity contribution in [3.05, 3.63) is 60.2 Å². The molecule has 0 radical (unpaired) electrons. The van der Waals surface area contributed by atoms with Gasteiger partial charge in [0.1, 0.15) is 11.5 Å². The maximum atomic E-state index is 12.1. The predicted octanol–water partition coefficient (Wildman–Crippen LogP) is 3.29. The first kappa shape index (κ1) is 19.1. The zero-order valence-electron chi connectivity index (χ0n) is 14.9. The first-order valence-electron chi connectivity index (χ1n) is 8.00. The van der Waals surface area contributed by atoms with E-state index in [-0.39, 0.29) is 0 Å². The van der Waals surface area contributed by atoms with E-state index in [1.165, 1.54) is 20.1 Å². The molecule has 1 N–H and O–H groups in total. The van der Waals surface area contributed by atoms with Gasteiger partial charge in [0.05, 0.1) is 14.2 Å². The van der Waals surface area contributed by atoms with Gasteiger partial charge >= 0.3 is 5.97 Å². The molecular weight excluding hydrogens is 334 g/mol. The highest BCUT2D eigenvalue weighted by Crippen LogP contribution is 2.25. The minimum atomic E-state index is -0.931. The van der Waals surface area contributed by atoms with Crippen LogP contribution in [0.2, 0.25) is 0 Å². The summed E-state index contributed by atoms with van der Waals surface area (Å²) in [6.45, 7) is 1.51. The number of para-hydroxylation sites is 1. The van der Waals surface area contributed by atoms with E-state index >= 15 is 0 Å². The van der Waals surface area contributed by atoms with Gasteiger partial charge in [0.2, 0.25) is 0 Å². The quantitative estimate of drug-likeness (QED) is 0.609. The van der Waals surface area contributed by atoms with Crippen molar-refractivity contribution >= 4 is 23.6 Å². The molecule has 1 amide bonds. The maximum absolute atomic E-state index is 12.1. The highest BCUT2D eigenvalue weighted by Gasteiger charge is 2.16. The lowest BCUT2D eigenvalue weighted by atomic mass is 10.1. The SMILES string of the molecule is COc1ccc(OC)c(/C=C/C(=O)O[C@@H](C)C(=O)Nc2ccccc2)c1. The molecule has 0 aliphatic rings. The zero-order chi connectivity index (χ0) is 18.9. The number of esters is 1. The van der Waals surface area contributed by atoms with Crippen LogP contribution in [-0.4, -0.2) is 32.2 Å². The summed E-state index contributed by atoms with van der Waals surface area (Å²) in [5, 5.41) is 2.68. The summed E-state index contributed by atoms with van der Waals surface area (Å²) in [4.78, 5) is 24.0. The third-order valence-electron chi connectivity index (χ3n) is 3.54. The average Bonchev–Trinajstić information content (AvgIpc) is 2.66. The highest BCUT2D eigenvalue weighted by atomic mass is 16.5. The molecule has 0 heterocycles. The monoisotopic (exact) mass is 355 g/mol. The first-order chi connectivity index (χ1) is 12.5. The summed E-state index contributed by atoms with van der Waals surface area (Å²) in [5.41, 5.74) is 1.29. The number of methoxy groups -OCH3 is 2. The van der Waals surface area contributed by atoms with Crippen molar-refractivity contribution in [3.8, 4) is 11.5 Å². The van der Waals surface area contributed by atoms with Crippen LogP contribution in [0.5, 0.6) is 11.5 Å². The van der Waals surface area contributed by atoms with Crippen molar-refractivity contribution in [1.29, 1.82) is 0 Å². The summed E-state index contributed by atoms with van der Waals surface area (Å²) >= 11 is 0. The molecule has 0 aliphatic heterocycles. The molecule has 0 spiro atoms. The van der Waals surface area contributed by atoms with E-state index in [9.17, 15) is 9.59 Å². The van der Waals surface area contributed by atoms with Crippen LogP contribution in [0.15, 0.2) is 54.6 Å². The number of carbonyl (C=O) groups is 2. The molecule has 0 saturated heterocycles. The number of hydrogen-bond acceptors (Lipinski definition) is 5. The van der Waals surface area contributed by atoms with Gasteiger partial charge in [0.15, 0.2) is 6.10 Å². The lowest BCUT2D eigenvalue weighted by Gasteiger charge is -2.12. The second-order valence-corrected chi connectivity index (χ2v) is 5.38. The Balaban J connectivity index is 1.97. The summed E-state index contributed by atoms with van der Waals surface area (Å²) in [6.07, 6.45) is 1.86. The lowest BCUT2D eigenvalue weighted by molar-refractivity contribution is -0.148. The molecule has 0 bridgehead atoms. The summed E-state index contributed by atoms with van der Waals surface area (Å²) in [7, 11) is 3.09. The molecule has 0 fully saturated rings. The Hall–Kier alpha value is -3.28. The van der Waals surface area contributed by atoms with Gasteiger partial charge < -0.3 is 19.5 Å². The van der Waals surface area contributed by atoms with Gasteiger partial charge in [-0.25, -0.2) is 4.79 Å². The second-order valence-electron chi connectivity index (χ2n) is 5.38.